The summed E-state index contributed by atoms with van der Waals surface area (Å²) in [6.45, 7) is 2.20. The largest absolute Gasteiger partial charge is 1.00 e. The van der Waals surface area contributed by atoms with Crippen LogP contribution in [0.15, 0.2) is 47.4 Å². The van der Waals surface area contributed by atoms with Crippen molar-refractivity contribution < 1.29 is 74.2 Å². The van der Waals surface area contributed by atoms with Crippen LogP contribution in [0.2, 0.25) is 0 Å². The average Bonchev–Trinajstić information content (AvgIpc) is 2.60. The Hall–Kier alpha value is -0.414. The van der Waals surface area contributed by atoms with Gasteiger partial charge in [-0.3, -0.25) is 4.55 Å². The van der Waals surface area contributed by atoms with Gasteiger partial charge in [0.25, 0.3) is 10.1 Å². The van der Waals surface area contributed by atoms with Crippen LogP contribution in [0, 0.1) is 0 Å². The van der Waals surface area contributed by atoms with E-state index in [1.54, 1.807) is 12.1 Å². The molecule has 1 N–H and O–H groups in total. The maximum Gasteiger partial charge on any atom is 1.00 e. The number of unbranched alkanes of at least 4 members (excludes halogenated alkanes) is 5. The Balaban J connectivity index is 0.00000364. The van der Waals surface area contributed by atoms with Gasteiger partial charge in [0.05, 0.1) is 0 Å². The fourth-order valence-corrected chi connectivity index (χ4v) is 3.38. The molecule has 0 aliphatic heterocycles. The van der Waals surface area contributed by atoms with Crippen molar-refractivity contribution in [2.24, 2.45) is 0 Å². The van der Waals surface area contributed by atoms with Crippen LogP contribution in [-0.2, 0) is 16.5 Å². The summed E-state index contributed by atoms with van der Waals surface area (Å²) >= 11 is 0. The molecule has 0 saturated heterocycles. The standard InChI is InChI=1S/C20H26O5S.K/c1-2-3-4-5-6-7-9-16-12-14-17(15-13-16)25-20-18(21)10-8-11-19(20)26(22,23)24;/h8,10-15,21H,2-7,9H2,1H3,(H,22,23,24);/q;+1/p-1. The van der Waals surface area contributed by atoms with Crippen LogP contribution in [0.3, 0.4) is 0 Å². The van der Waals surface area contributed by atoms with Crippen LogP contribution >= 0.6 is 0 Å². The van der Waals surface area contributed by atoms with Crippen molar-refractivity contribution in [3.8, 4) is 17.2 Å². The Morgan fingerprint density at radius 2 is 1.59 bits per heavy atom. The molecule has 2 rings (SSSR count). The molecule has 27 heavy (non-hydrogen) atoms. The predicted octanol–water partition coefficient (Wildman–Crippen LogP) is 1.71. The molecule has 0 aromatic heterocycles. The summed E-state index contributed by atoms with van der Waals surface area (Å²) < 4.78 is 37.5. The fourth-order valence-electron chi connectivity index (χ4n) is 2.75. The summed E-state index contributed by atoms with van der Waals surface area (Å²) in [7, 11) is -4.53. The smallest absolute Gasteiger partial charge is 0.870 e. The quantitative estimate of drug-likeness (QED) is 0.362. The minimum Gasteiger partial charge on any atom is -0.870 e. The number of rotatable bonds is 10. The molecule has 0 saturated carbocycles. The summed E-state index contributed by atoms with van der Waals surface area (Å²) in [4.78, 5) is -0.527. The van der Waals surface area contributed by atoms with Gasteiger partial charge in [0.2, 0.25) is 0 Å². The number of hydrogen-bond acceptors (Lipinski definition) is 4. The van der Waals surface area contributed by atoms with Crippen molar-refractivity contribution in [1.82, 2.24) is 0 Å². The molecule has 5 nitrogen and oxygen atoms in total. The van der Waals surface area contributed by atoms with Gasteiger partial charge in [-0.25, -0.2) is 0 Å². The van der Waals surface area contributed by atoms with E-state index in [0.717, 1.165) is 18.9 Å². The summed E-state index contributed by atoms with van der Waals surface area (Å²) in [6, 6.07) is 10.8. The topological polar surface area (TPSA) is 86.7 Å². The number of para-hydroxylation sites is 1. The van der Waals surface area contributed by atoms with Crippen molar-refractivity contribution in [1.29, 1.82) is 0 Å². The summed E-state index contributed by atoms with van der Waals surface area (Å²) in [5.41, 5.74) is 1.17. The van der Waals surface area contributed by atoms with Crippen LogP contribution in [-0.4, -0.2) is 13.0 Å². The van der Waals surface area contributed by atoms with E-state index in [1.165, 1.54) is 49.8 Å². The Morgan fingerprint density at radius 1 is 0.963 bits per heavy atom. The zero-order valence-corrected chi connectivity index (χ0v) is 19.9. The first-order valence-electron chi connectivity index (χ1n) is 8.96. The molecule has 0 radical (unpaired) electrons. The molecule has 0 aliphatic carbocycles. The second-order valence-corrected chi connectivity index (χ2v) is 7.71. The predicted molar refractivity (Wildman–Crippen MR) is 99.3 cm³/mol. The van der Waals surface area contributed by atoms with E-state index in [2.05, 4.69) is 6.92 Å². The molecule has 0 fully saturated rings. The second-order valence-electron chi connectivity index (χ2n) is 6.32. The number of aryl methyl sites for hydroxylation is 1. The molecule has 0 unspecified atom stereocenters. The van der Waals surface area contributed by atoms with Crippen LogP contribution in [0.25, 0.3) is 0 Å². The monoisotopic (exact) mass is 416 g/mol. The Kier molecular flexibility index (Phi) is 11.1. The fraction of sp³-hybridized carbons (Fsp3) is 0.400. The van der Waals surface area contributed by atoms with E-state index >= 15 is 0 Å². The molecule has 0 spiro atoms. The van der Waals surface area contributed by atoms with Gasteiger partial charge in [-0.2, -0.15) is 8.42 Å². The third-order valence-electron chi connectivity index (χ3n) is 4.18. The van der Waals surface area contributed by atoms with E-state index in [0.29, 0.717) is 5.75 Å². The van der Waals surface area contributed by atoms with Crippen molar-refractivity contribution in [3.63, 3.8) is 0 Å². The van der Waals surface area contributed by atoms with Gasteiger partial charge in [-0.1, -0.05) is 69.0 Å². The molecular formula is C20H25KO5S. The van der Waals surface area contributed by atoms with E-state index < -0.39 is 26.5 Å². The van der Waals surface area contributed by atoms with Gasteiger partial charge < -0.3 is 9.84 Å². The Labute approximate surface area is 204 Å². The van der Waals surface area contributed by atoms with Crippen molar-refractivity contribution in [2.45, 2.75) is 56.8 Å². The second kappa shape index (κ2) is 12.2. The number of benzene rings is 2. The Morgan fingerprint density at radius 3 is 2.22 bits per heavy atom. The molecule has 7 heteroatoms. The third kappa shape index (κ3) is 8.23. The SMILES string of the molecule is CCCCCCCCc1ccc(Oc2c([O-])cccc2S(=O)(=O)O)cc1.[K+]. The average molecular weight is 417 g/mol. The van der Waals surface area contributed by atoms with Gasteiger partial charge in [-0.15, -0.1) is 0 Å². The van der Waals surface area contributed by atoms with E-state index in [-0.39, 0.29) is 51.4 Å². The first-order chi connectivity index (χ1) is 12.4. The van der Waals surface area contributed by atoms with Crippen molar-refractivity contribution in [3.05, 3.63) is 48.0 Å². The van der Waals surface area contributed by atoms with E-state index in [4.69, 9.17) is 4.74 Å². The van der Waals surface area contributed by atoms with Gasteiger partial charge in [0, 0.05) is 0 Å². The van der Waals surface area contributed by atoms with Crippen LogP contribution in [0.4, 0.5) is 0 Å². The van der Waals surface area contributed by atoms with Crippen LogP contribution in [0.1, 0.15) is 51.0 Å². The van der Waals surface area contributed by atoms with Crippen molar-refractivity contribution in [2.75, 3.05) is 0 Å². The number of hydrogen-bond donors (Lipinski definition) is 1. The summed E-state index contributed by atoms with van der Waals surface area (Å²) in [6.07, 6.45) is 8.38. The molecule has 0 aliphatic rings. The molecular weight excluding hydrogens is 391 g/mol. The normalized spacial score (nSPS) is 11.0. The first-order valence-corrected chi connectivity index (χ1v) is 10.4. The number of ether oxygens (including phenoxy) is 1. The minimum atomic E-state index is -4.53. The molecule has 0 atom stereocenters. The van der Waals surface area contributed by atoms with E-state index in [9.17, 15) is 18.1 Å². The van der Waals surface area contributed by atoms with Crippen LogP contribution < -0.4 is 61.2 Å². The van der Waals surface area contributed by atoms with E-state index in [1.807, 2.05) is 12.1 Å². The van der Waals surface area contributed by atoms with Gasteiger partial charge in [0.15, 0.2) is 0 Å². The molecule has 0 heterocycles. The van der Waals surface area contributed by atoms with Gasteiger partial charge >= 0.3 is 51.4 Å². The molecule has 0 amide bonds. The van der Waals surface area contributed by atoms with Gasteiger partial charge in [-0.05, 0) is 36.6 Å². The molecule has 2 aromatic carbocycles. The van der Waals surface area contributed by atoms with Gasteiger partial charge in [0.1, 0.15) is 16.4 Å². The van der Waals surface area contributed by atoms with Crippen molar-refractivity contribution >= 4 is 10.1 Å². The molecule has 0 bridgehead atoms. The summed E-state index contributed by atoms with van der Waals surface area (Å²) in [5, 5.41) is 11.9. The van der Waals surface area contributed by atoms with Crippen LogP contribution in [0.5, 0.6) is 17.2 Å². The molecule has 142 valence electrons. The zero-order chi connectivity index (χ0) is 19.0. The molecule has 2 aromatic rings. The summed E-state index contributed by atoms with van der Waals surface area (Å²) in [5.74, 6) is -0.639. The Bertz CT molecular complexity index is 804. The third-order valence-corrected chi connectivity index (χ3v) is 5.06. The minimum absolute atomic E-state index is 0. The zero-order valence-electron chi connectivity index (χ0n) is 16.0. The maximum atomic E-state index is 11.9. The maximum absolute atomic E-state index is 11.9. The first kappa shape index (κ1) is 24.6.